The first-order valence-corrected chi connectivity index (χ1v) is 18.4. The number of hydrogen-bond acceptors (Lipinski definition) is 6. The Morgan fingerprint density at radius 3 is 1.06 bits per heavy atom. The van der Waals surface area contributed by atoms with Crippen LogP contribution in [0.2, 0.25) is 0 Å². The number of fused-ring (bicyclic) bond motifs is 2. The van der Waals surface area contributed by atoms with Crippen molar-refractivity contribution in [1.82, 2.24) is 0 Å². The van der Waals surface area contributed by atoms with Gasteiger partial charge in [0.1, 0.15) is 0 Å². The predicted octanol–water partition coefficient (Wildman–Crippen LogP) is 7.76. The molecule has 48 heavy (non-hydrogen) atoms. The van der Waals surface area contributed by atoms with Crippen molar-refractivity contribution in [3.05, 3.63) is 47.5 Å². The Morgan fingerprint density at radius 1 is 0.500 bits per heavy atom. The third-order valence-electron chi connectivity index (χ3n) is 12.4. The van der Waals surface area contributed by atoms with Crippen LogP contribution >= 0.6 is 0 Å². The fourth-order valence-corrected chi connectivity index (χ4v) is 7.33. The van der Waals surface area contributed by atoms with E-state index in [0.29, 0.717) is 12.1 Å². The molecular formula is C40H64B2N2O4. The molecule has 0 atom stereocenters. The van der Waals surface area contributed by atoms with Crippen LogP contribution in [0.25, 0.3) is 0 Å². The van der Waals surface area contributed by atoms with E-state index in [4.69, 9.17) is 18.6 Å². The molecule has 0 radical (unpaired) electrons. The van der Waals surface area contributed by atoms with Crippen molar-refractivity contribution in [2.24, 2.45) is 0 Å². The molecule has 264 valence electrons. The average molecular weight is 659 g/mol. The van der Waals surface area contributed by atoms with Gasteiger partial charge in [-0.3, -0.25) is 0 Å². The highest BCUT2D eigenvalue weighted by Gasteiger charge is 2.53. The van der Waals surface area contributed by atoms with E-state index in [1.165, 1.54) is 35.3 Å². The molecule has 0 aliphatic carbocycles. The minimum atomic E-state index is -0.299. The van der Waals surface area contributed by atoms with Crippen molar-refractivity contribution < 1.29 is 18.6 Å². The fraction of sp³-hybridized carbons (Fsp3) is 0.700. The molecule has 8 heteroatoms. The molecule has 0 saturated carbocycles. The van der Waals surface area contributed by atoms with Crippen LogP contribution in [0, 0.1) is 0 Å². The molecule has 4 heterocycles. The molecule has 4 aliphatic rings. The van der Waals surface area contributed by atoms with Crippen molar-refractivity contribution in [3.8, 4) is 0 Å². The van der Waals surface area contributed by atoms with Gasteiger partial charge >= 0.3 is 14.2 Å². The minimum Gasteiger partial charge on any atom is -0.399 e. The third-order valence-corrected chi connectivity index (χ3v) is 12.4. The third kappa shape index (κ3) is 6.73. The summed E-state index contributed by atoms with van der Waals surface area (Å²) in [6, 6.07) is 14.5. The summed E-state index contributed by atoms with van der Waals surface area (Å²) in [5, 5.41) is 0. The lowest BCUT2D eigenvalue weighted by atomic mass is 9.71. The highest BCUT2D eigenvalue weighted by atomic mass is 16.7. The van der Waals surface area contributed by atoms with E-state index in [2.05, 4.69) is 157 Å². The highest BCUT2D eigenvalue weighted by Crippen LogP contribution is 2.43. The molecule has 2 fully saturated rings. The zero-order valence-electron chi connectivity index (χ0n) is 33.1. The van der Waals surface area contributed by atoms with Crippen LogP contribution in [0.5, 0.6) is 0 Å². The molecule has 0 spiro atoms. The summed E-state index contributed by atoms with van der Waals surface area (Å²) in [7, 11) is -0.573. The lowest BCUT2D eigenvalue weighted by Gasteiger charge is -2.42. The van der Waals surface area contributed by atoms with Crippen LogP contribution in [0.1, 0.15) is 135 Å². The normalized spacial score (nSPS) is 24.4. The van der Waals surface area contributed by atoms with Gasteiger partial charge in [-0.15, -0.1) is 0 Å². The molecule has 6 rings (SSSR count). The zero-order chi connectivity index (χ0) is 35.8. The molecule has 6 nitrogen and oxygen atoms in total. The van der Waals surface area contributed by atoms with Crippen LogP contribution < -0.4 is 20.7 Å². The summed E-state index contributed by atoms with van der Waals surface area (Å²) in [5.74, 6) is 0. The molecule has 0 amide bonds. The second-order valence-corrected chi connectivity index (χ2v) is 18.6. The highest BCUT2D eigenvalue weighted by molar-refractivity contribution is 6.62. The quantitative estimate of drug-likeness (QED) is 0.313. The molecule has 2 aromatic carbocycles. The minimum absolute atomic E-state index is 0.181. The lowest BCUT2D eigenvalue weighted by molar-refractivity contribution is 0.00578. The summed E-state index contributed by atoms with van der Waals surface area (Å²) < 4.78 is 25.0. The van der Waals surface area contributed by atoms with E-state index < -0.39 is 0 Å². The van der Waals surface area contributed by atoms with Gasteiger partial charge in [0, 0.05) is 36.5 Å². The predicted molar refractivity (Wildman–Crippen MR) is 205 cm³/mol. The number of benzene rings is 2. The Bertz CT molecular complexity index is 1350. The SMILES string of the molecule is CC(C)N1CCC(C)(C)c2cc(B3OC(C)(C)C(C)(C)O3)ccc21.CC(C)N1CCC(C)(C)c2cc(B3OC(C)(C)C(C)(C)O3)ccc21. The van der Waals surface area contributed by atoms with Gasteiger partial charge in [-0.05, 0) is 141 Å². The maximum absolute atomic E-state index is 6.25. The Balaban J connectivity index is 0.000000188. The molecule has 0 N–H and O–H groups in total. The largest absolute Gasteiger partial charge is 0.494 e. The van der Waals surface area contributed by atoms with Gasteiger partial charge in [-0.2, -0.15) is 0 Å². The summed E-state index contributed by atoms with van der Waals surface area (Å²) in [6.45, 7) is 37.5. The lowest BCUT2D eigenvalue weighted by Crippen LogP contribution is -2.43. The first-order valence-electron chi connectivity index (χ1n) is 18.4. The van der Waals surface area contributed by atoms with Crippen molar-refractivity contribution in [2.45, 2.75) is 169 Å². The molecule has 2 saturated heterocycles. The van der Waals surface area contributed by atoms with Gasteiger partial charge in [0.2, 0.25) is 0 Å². The monoisotopic (exact) mass is 659 g/mol. The van der Waals surface area contributed by atoms with Gasteiger partial charge in [0.05, 0.1) is 22.4 Å². The molecule has 0 bridgehead atoms. The van der Waals surface area contributed by atoms with Crippen LogP contribution in [0.15, 0.2) is 36.4 Å². The van der Waals surface area contributed by atoms with Gasteiger partial charge < -0.3 is 28.4 Å². The second-order valence-electron chi connectivity index (χ2n) is 18.6. The Kier molecular flexibility index (Phi) is 9.59. The van der Waals surface area contributed by atoms with Crippen LogP contribution in [-0.4, -0.2) is 61.8 Å². The fourth-order valence-electron chi connectivity index (χ4n) is 7.33. The number of nitrogens with zero attached hydrogens (tertiary/aromatic N) is 2. The molecular weight excluding hydrogens is 594 g/mol. The topological polar surface area (TPSA) is 43.4 Å². The molecule has 4 aliphatic heterocycles. The van der Waals surface area contributed by atoms with Crippen LogP contribution in [0.4, 0.5) is 11.4 Å². The van der Waals surface area contributed by atoms with Crippen molar-refractivity contribution >= 4 is 36.5 Å². The first-order chi connectivity index (χ1) is 21.9. The Hall–Kier alpha value is -1.99. The van der Waals surface area contributed by atoms with Gasteiger partial charge in [-0.25, -0.2) is 0 Å². The van der Waals surface area contributed by atoms with Crippen LogP contribution in [0.3, 0.4) is 0 Å². The number of rotatable bonds is 4. The maximum Gasteiger partial charge on any atom is 0.494 e. The van der Waals surface area contributed by atoms with Gasteiger partial charge in [0.15, 0.2) is 0 Å². The Morgan fingerprint density at radius 2 is 0.792 bits per heavy atom. The standard InChI is InChI=1S/2C20H32BNO2/c2*1-14(2)22-12-11-18(3,4)16-13-15(9-10-17(16)22)21-23-19(5,6)20(7,8)24-21/h2*9-10,13-14H,11-12H2,1-8H3. The van der Waals surface area contributed by atoms with E-state index in [1.54, 1.807) is 0 Å². The van der Waals surface area contributed by atoms with Crippen molar-refractivity contribution in [1.29, 1.82) is 0 Å². The van der Waals surface area contributed by atoms with E-state index in [0.717, 1.165) is 24.0 Å². The molecule has 0 aromatic heterocycles. The van der Waals surface area contributed by atoms with Crippen molar-refractivity contribution in [2.75, 3.05) is 22.9 Å². The summed E-state index contributed by atoms with van der Waals surface area (Å²) in [4.78, 5) is 5.02. The van der Waals surface area contributed by atoms with E-state index in [9.17, 15) is 0 Å². The average Bonchev–Trinajstić information content (AvgIpc) is 3.32. The zero-order valence-corrected chi connectivity index (χ0v) is 33.1. The van der Waals surface area contributed by atoms with E-state index >= 15 is 0 Å². The summed E-state index contributed by atoms with van der Waals surface area (Å²) in [6.07, 6.45) is 2.34. The number of anilines is 2. The smallest absolute Gasteiger partial charge is 0.399 e. The summed E-state index contributed by atoms with van der Waals surface area (Å²) >= 11 is 0. The van der Waals surface area contributed by atoms with Gasteiger partial charge in [-0.1, -0.05) is 52.0 Å². The van der Waals surface area contributed by atoms with Gasteiger partial charge in [0.25, 0.3) is 0 Å². The van der Waals surface area contributed by atoms with E-state index in [-0.39, 0.29) is 47.5 Å². The first kappa shape index (κ1) is 37.3. The Labute approximate surface area is 293 Å². The van der Waals surface area contributed by atoms with Crippen molar-refractivity contribution in [3.63, 3.8) is 0 Å². The molecule has 2 aromatic rings. The second kappa shape index (κ2) is 12.4. The number of hydrogen-bond donors (Lipinski definition) is 0. The maximum atomic E-state index is 6.25. The summed E-state index contributed by atoms with van der Waals surface area (Å²) in [5.41, 5.74) is 6.98. The van der Waals surface area contributed by atoms with Crippen LogP contribution in [-0.2, 0) is 29.4 Å². The van der Waals surface area contributed by atoms with E-state index in [1.807, 2.05) is 0 Å². The molecule has 0 unspecified atom stereocenters.